The number of benzene rings is 1. The van der Waals surface area contributed by atoms with E-state index in [9.17, 15) is 9.59 Å². The van der Waals surface area contributed by atoms with Crippen LogP contribution in [-0.2, 0) is 11.3 Å². The lowest BCUT2D eigenvalue weighted by atomic mass is 10.2. The molecule has 1 N–H and O–H groups in total. The van der Waals surface area contributed by atoms with E-state index < -0.39 is 12.0 Å². The molecule has 0 aromatic heterocycles. The Morgan fingerprint density at radius 3 is 2.28 bits per heavy atom. The molecule has 2 amide bonds. The van der Waals surface area contributed by atoms with Crippen LogP contribution in [0.2, 0.25) is 0 Å². The lowest BCUT2D eigenvalue weighted by Crippen LogP contribution is -2.46. The number of carbonyl (C=O) groups is 2. The molecule has 0 heterocycles. The van der Waals surface area contributed by atoms with Crippen LogP contribution in [0, 0.1) is 0 Å². The molecule has 1 unspecified atom stereocenters. The summed E-state index contributed by atoms with van der Waals surface area (Å²) in [5.41, 5.74) is 1.00. The largest absolute Gasteiger partial charge is 0.480 e. The second kappa shape index (κ2) is 6.05. The van der Waals surface area contributed by atoms with Gasteiger partial charge in [-0.15, -0.1) is 0 Å². The zero-order valence-corrected chi connectivity index (χ0v) is 10.8. The van der Waals surface area contributed by atoms with Gasteiger partial charge in [-0.3, -0.25) is 0 Å². The van der Waals surface area contributed by atoms with Crippen molar-refractivity contribution in [3.8, 4) is 0 Å². The number of likely N-dealkylation sites (N-methyl/N-ethyl adjacent to an activating group) is 1. The van der Waals surface area contributed by atoms with E-state index in [1.807, 2.05) is 30.3 Å². The summed E-state index contributed by atoms with van der Waals surface area (Å²) >= 11 is 0. The van der Waals surface area contributed by atoms with Crippen molar-refractivity contribution in [3.05, 3.63) is 35.9 Å². The van der Waals surface area contributed by atoms with Crippen LogP contribution in [0.1, 0.15) is 12.5 Å². The molecule has 0 saturated heterocycles. The third-order valence-electron chi connectivity index (χ3n) is 2.83. The number of amides is 2. The highest BCUT2D eigenvalue weighted by atomic mass is 16.4. The first kappa shape index (κ1) is 14.0. The van der Waals surface area contributed by atoms with Crippen molar-refractivity contribution in [2.75, 3.05) is 14.1 Å². The van der Waals surface area contributed by atoms with Crippen molar-refractivity contribution in [1.29, 1.82) is 0 Å². The van der Waals surface area contributed by atoms with Gasteiger partial charge in [0.25, 0.3) is 0 Å². The fourth-order valence-corrected chi connectivity index (χ4v) is 1.53. The van der Waals surface area contributed by atoms with Gasteiger partial charge in [0.15, 0.2) is 0 Å². The zero-order valence-electron chi connectivity index (χ0n) is 10.8. The average molecular weight is 250 g/mol. The van der Waals surface area contributed by atoms with Gasteiger partial charge in [-0.1, -0.05) is 30.3 Å². The summed E-state index contributed by atoms with van der Waals surface area (Å²) in [5.74, 6) is -1.01. The molecule has 0 spiro atoms. The first-order valence-electron chi connectivity index (χ1n) is 5.68. The van der Waals surface area contributed by atoms with E-state index >= 15 is 0 Å². The molecule has 5 heteroatoms. The maximum Gasteiger partial charge on any atom is 0.326 e. The number of aliphatic carboxylic acids is 1. The summed E-state index contributed by atoms with van der Waals surface area (Å²) in [4.78, 5) is 25.5. The van der Waals surface area contributed by atoms with Crippen LogP contribution >= 0.6 is 0 Å². The Kier molecular flexibility index (Phi) is 4.71. The van der Waals surface area contributed by atoms with Gasteiger partial charge in [-0.25, -0.2) is 9.59 Å². The Morgan fingerprint density at radius 1 is 1.22 bits per heavy atom. The first-order valence-corrected chi connectivity index (χ1v) is 5.68. The number of urea groups is 1. The van der Waals surface area contributed by atoms with E-state index in [-0.39, 0.29) is 6.03 Å². The van der Waals surface area contributed by atoms with Crippen LogP contribution in [0.25, 0.3) is 0 Å². The fourth-order valence-electron chi connectivity index (χ4n) is 1.53. The van der Waals surface area contributed by atoms with Gasteiger partial charge in [0.2, 0.25) is 0 Å². The average Bonchev–Trinajstić information content (AvgIpc) is 2.37. The Balaban J connectivity index is 2.64. The number of carboxylic acid groups (broad SMARTS) is 1. The Bertz CT molecular complexity index is 420. The van der Waals surface area contributed by atoms with Crippen molar-refractivity contribution in [2.24, 2.45) is 0 Å². The number of hydrogen-bond acceptors (Lipinski definition) is 2. The second-order valence-corrected chi connectivity index (χ2v) is 4.25. The molecule has 0 aliphatic heterocycles. The Morgan fingerprint density at radius 2 is 1.78 bits per heavy atom. The molecule has 1 rings (SSSR count). The molecule has 5 nitrogen and oxygen atoms in total. The van der Waals surface area contributed by atoms with E-state index in [1.54, 1.807) is 7.05 Å². The molecule has 1 aromatic carbocycles. The summed E-state index contributed by atoms with van der Waals surface area (Å²) < 4.78 is 0. The second-order valence-electron chi connectivity index (χ2n) is 4.25. The van der Waals surface area contributed by atoms with Crippen LogP contribution in [0.15, 0.2) is 30.3 Å². The minimum Gasteiger partial charge on any atom is -0.480 e. The van der Waals surface area contributed by atoms with Gasteiger partial charge in [-0.2, -0.15) is 0 Å². The van der Waals surface area contributed by atoms with Crippen LogP contribution in [0.5, 0.6) is 0 Å². The molecular formula is C13H18N2O3. The van der Waals surface area contributed by atoms with Crippen molar-refractivity contribution in [2.45, 2.75) is 19.5 Å². The van der Waals surface area contributed by atoms with Crippen LogP contribution in [0.4, 0.5) is 4.79 Å². The van der Waals surface area contributed by atoms with E-state index in [0.29, 0.717) is 6.54 Å². The molecule has 0 aliphatic rings. The molecule has 0 saturated carbocycles. The SMILES string of the molecule is CC(C(=O)O)N(C)C(=O)N(C)Cc1ccccc1. The minimum absolute atomic E-state index is 0.311. The van der Waals surface area contributed by atoms with Gasteiger partial charge in [0.1, 0.15) is 6.04 Å². The number of carboxylic acids is 1. The highest BCUT2D eigenvalue weighted by Gasteiger charge is 2.24. The summed E-state index contributed by atoms with van der Waals surface area (Å²) in [6, 6.07) is 8.40. The minimum atomic E-state index is -1.01. The summed E-state index contributed by atoms with van der Waals surface area (Å²) in [7, 11) is 3.14. The fraction of sp³-hybridized carbons (Fsp3) is 0.385. The number of carbonyl (C=O) groups excluding carboxylic acids is 1. The summed E-state index contributed by atoms with van der Waals surface area (Å²) in [5, 5.41) is 8.86. The quantitative estimate of drug-likeness (QED) is 0.883. The Hall–Kier alpha value is -2.04. The monoisotopic (exact) mass is 250 g/mol. The number of hydrogen-bond donors (Lipinski definition) is 1. The number of nitrogens with zero attached hydrogens (tertiary/aromatic N) is 2. The van der Waals surface area contributed by atoms with Crippen molar-refractivity contribution >= 4 is 12.0 Å². The Labute approximate surface area is 107 Å². The van der Waals surface area contributed by atoms with E-state index in [2.05, 4.69) is 0 Å². The van der Waals surface area contributed by atoms with Crippen molar-refractivity contribution in [3.63, 3.8) is 0 Å². The topological polar surface area (TPSA) is 60.9 Å². The molecular weight excluding hydrogens is 232 g/mol. The van der Waals surface area contributed by atoms with Gasteiger partial charge >= 0.3 is 12.0 Å². The standard InChI is InChI=1S/C13H18N2O3/c1-10(12(16)17)15(3)13(18)14(2)9-11-7-5-4-6-8-11/h4-8,10H,9H2,1-3H3,(H,16,17). The predicted octanol–water partition coefficient (Wildman–Crippen LogP) is 1.64. The van der Waals surface area contributed by atoms with E-state index in [1.165, 1.54) is 23.8 Å². The lowest BCUT2D eigenvalue weighted by molar-refractivity contribution is -0.141. The third kappa shape index (κ3) is 3.48. The van der Waals surface area contributed by atoms with Crippen LogP contribution in [-0.4, -0.2) is 47.0 Å². The molecule has 0 bridgehead atoms. The molecule has 18 heavy (non-hydrogen) atoms. The smallest absolute Gasteiger partial charge is 0.326 e. The van der Waals surface area contributed by atoms with Gasteiger partial charge in [0.05, 0.1) is 0 Å². The molecule has 0 fully saturated rings. The molecule has 1 aromatic rings. The third-order valence-corrected chi connectivity index (χ3v) is 2.83. The number of rotatable bonds is 4. The van der Waals surface area contributed by atoms with E-state index in [0.717, 1.165) is 5.56 Å². The zero-order chi connectivity index (χ0) is 13.7. The molecule has 0 aliphatic carbocycles. The lowest BCUT2D eigenvalue weighted by Gasteiger charge is -2.27. The van der Waals surface area contributed by atoms with Crippen molar-refractivity contribution in [1.82, 2.24) is 9.80 Å². The maximum absolute atomic E-state index is 12.0. The predicted molar refractivity (Wildman–Crippen MR) is 68.2 cm³/mol. The van der Waals surface area contributed by atoms with E-state index in [4.69, 9.17) is 5.11 Å². The highest BCUT2D eigenvalue weighted by molar-refractivity contribution is 5.82. The van der Waals surface area contributed by atoms with Crippen molar-refractivity contribution < 1.29 is 14.7 Å². The first-order chi connectivity index (χ1) is 8.43. The molecule has 0 radical (unpaired) electrons. The molecule has 1 atom stereocenters. The highest BCUT2D eigenvalue weighted by Crippen LogP contribution is 2.06. The van der Waals surface area contributed by atoms with Gasteiger partial charge < -0.3 is 14.9 Å². The molecule has 98 valence electrons. The normalized spacial score (nSPS) is 11.7. The summed E-state index contributed by atoms with van der Waals surface area (Å²) in [6.07, 6.45) is 0. The van der Waals surface area contributed by atoms with Crippen LogP contribution < -0.4 is 0 Å². The van der Waals surface area contributed by atoms with Gasteiger partial charge in [-0.05, 0) is 12.5 Å². The summed E-state index contributed by atoms with van der Waals surface area (Å²) in [6.45, 7) is 1.94. The maximum atomic E-state index is 12.0. The van der Waals surface area contributed by atoms with Gasteiger partial charge in [0, 0.05) is 20.6 Å². The van der Waals surface area contributed by atoms with Crippen LogP contribution in [0.3, 0.4) is 0 Å².